The van der Waals surface area contributed by atoms with E-state index in [4.69, 9.17) is 11.5 Å². The van der Waals surface area contributed by atoms with Gasteiger partial charge < -0.3 is 11.5 Å². The Morgan fingerprint density at radius 1 is 1.43 bits per heavy atom. The van der Waals surface area contributed by atoms with Crippen molar-refractivity contribution in [2.75, 3.05) is 6.54 Å². The topological polar surface area (TPSA) is 69.1 Å². The van der Waals surface area contributed by atoms with E-state index in [1.54, 1.807) is 0 Å². The van der Waals surface area contributed by atoms with Gasteiger partial charge in [-0.1, -0.05) is 30.3 Å². The third-order valence-electron chi connectivity index (χ3n) is 3.12. The Balaban J connectivity index is 2.36. The van der Waals surface area contributed by atoms with E-state index in [0.717, 1.165) is 12.0 Å². The lowest BCUT2D eigenvalue weighted by Crippen LogP contribution is -2.32. The van der Waals surface area contributed by atoms with Crippen molar-refractivity contribution in [3.05, 3.63) is 35.9 Å². The number of benzene rings is 1. The Bertz CT molecular complexity index is 350. The Labute approximate surface area is 83.1 Å². The number of carbonyl (C=O) groups excluding carboxylic acids is 1. The summed E-state index contributed by atoms with van der Waals surface area (Å²) in [5.74, 6) is -0.0263. The molecule has 1 aliphatic carbocycles. The molecule has 1 aromatic carbocycles. The van der Waals surface area contributed by atoms with Crippen molar-refractivity contribution < 1.29 is 4.79 Å². The van der Waals surface area contributed by atoms with Gasteiger partial charge >= 0.3 is 0 Å². The molecule has 0 aromatic heterocycles. The van der Waals surface area contributed by atoms with Crippen LogP contribution in [0.4, 0.5) is 0 Å². The van der Waals surface area contributed by atoms with Crippen LogP contribution in [0.25, 0.3) is 0 Å². The van der Waals surface area contributed by atoms with Crippen LogP contribution in [0.1, 0.15) is 12.0 Å². The molecule has 3 heteroatoms. The van der Waals surface area contributed by atoms with Gasteiger partial charge in [0.25, 0.3) is 0 Å². The van der Waals surface area contributed by atoms with Crippen LogP contribution in [0.3, 0.4) is 0 Å². The zero-order chi connectivity index (χ0) is 10.2. The van der Waals surface area contributed by atoms with E-state index in [0.29, 0.717) is 6.54 Å². The molecule has 0 aliphatic heterocycles. The molecule has 1 fully saturated rings. The minimum Gasteiger partial charge on any atom is -0.369 e. The first-order valence-corrected chi connectivity index (χ1v) is 4.77. The molecular weight excluding hydrogens is 176 g/mol. The van der Waals surface area contributed by atoms with Crippen molar-refractivity contribution in [3.8, 4) is 0 Å². The zero-order valence-electron chi connectivity index (χ0n) is 7.94. The summed E-state index contributed by atoms with van der Waals surface area (Å²) in [6.07, 6.45) is 0.794. The van der Waals surface area contributed by atoms with Gasteiger partial charge in [-0.2, -0.15) is 0 Å². The molecular formula is C11H14N2O. The fourth-order valence-corrected chi connectivity index (χ4v) is 2.15. The lowest BCUT2D eigenvalue weighted by Gasteiger charge is -2.12. The third kappa shape index (κ3) is 1.13. The van der Waals surface area contributed by atoms with E-state index in [2.05, 4.69) is 0 Å². The number of primary amides is 1. The number of amides is 1. The Morgan fingerprint density at radius 2 is 2.07 bits per heavy atom. The third-order valence-corrected chi connectivity index (χ3v) is 3.12. The fraction of sp³-hybridized carbons (Fsp3) is 0.364. The summed E-state index contributed by atoms with van der Waals surface area (Å²) >= 11 is 0. The molecule has 1 saturated carbocycles. The highest BCUT2D eigenvalue weighted by molar-refractivity contribution is 5.90. The smallest absolute Gasteiger partial charge is 0.228 e. The molecule has 2 rings (SSSR count). The quantitative estimate of drug-likeness (QED) is 0.723. The van der Waals surface area contributed by atoms with Gasteiger partial charge in [-0.05, 0) is 24.4 Å². The number of rotatable bonds is 3. The zero-order valence-corrected chi connectivity index (χ0v) is 7.94. The summed E-state index contributed by atoms with van der Waals surface area (Å²) in [5, 5.41) is 0. The molecule has 0 bridgehead atoms. The molecule has 1 aromatic rings. The van der Waals surface area contributed by atoms with E-state index >= 15 is 0 Å². The highest BCUT2D eigenvalue weighted by atomic mass is 16.1. The fourth-order valence-electron chi connectivity index (χ4n) is 2.15. The van der Waals surface area contributed by atoms with Crippen molar-refractivity contribution in [2.24, 2.45) is 17.4 Å². The van der Waals surface area contributed by atoms with Crippen molar-refractivity contribution in [2.45, 2.75) is 11.8 Å². The molecule has 0 spiro atoms. The molecule has 1 amide bonds. The highest BCUT2D eigenvalue weighted by Gasteiger charge is 2.59. The molecule has 14 heavy (non-hydrogen) atoms. The second-order valence-corrected chi connectivity index (χ2v) is 3.84. The van der Waals surface area contributed by atoms with Gasteiger partial charge in [0.15, 0.2) is 0 Å². The van der Waals surface area contributed by atoms with Gasteiger partial charge in [-0.3, -0.25) is 4.79 Å². The van der Waals surface area contributed by atoms with E-state index < -0.39 is 5.41 Å². The molecule has 74 valence electrons. The number of hydrogen-bond acceptors (Lipinski definition) is 2. The number of nitrogens with two attached hydrogens (primary N) is 2. The van der Waals surface area contributed by atoms with Crippen LogP contribution >= 0.6 is 0 Å². The Morgan fingerprint density at radius 3 is 2.50 bits per heavy atom. The highest BCUT2D eigenvalue weighted by Crippen LogP contribution is 2.53. The molecule has 0 radical (unpaired) electrons. The van der Waals surface area contributed by atoms with Crippen molar-refractivity contribution in [1.82, 2.24) is 0 Å². The molecule has 0 saturated heterocycles. The van der Waals surface area contributed by atoms with Crippen LogP contribution in [0.5, 0.6) is 0 Å². The lowest BCUT2D eigenvalue weighted by molar-refractivity contribution is -0.120. The van der Waals surface area contributed by atoms with Crippen LogP contribution in [-0.2, 0) is 10.2 Å². The lowest BCUT2D eigenvalue weighted by atomic mass is 9.92. The first-order chi connectivity index (χ1) is 6.71. The van der Waals surface area contributed by atoms with Crippen molar-refractivity contribution in [3.63, 3.8) is 0 Å². The largest absolute Gasteiger partial charge is 0.369 e. The van der Waals surface area contributed by atoms with Gasteiger partial charge in [0.05, 0.1) is 5.41 Å². The van der Waals surface area contributed by atoms with E-state index in [1.165, 1.54) is 0 Å². The van der Waals surface area contributed by atoms with Gasteiger partial charge in [0, 0.05) is 0 Å². The molecule has 1 aliphatic rings. The monoisotopic (exact) mass is 190 g/mol. The van der Waals surface area contributed by atoms with Crippen LogP contribution in [-0.4, -0.2) is 12.5 Å². The first kappa shape index (κ1) is 9.21. The maximum Gasteiger partial charge on any atom is 0.228 e. The second-order valence-electron chi connectivity index (χ2n) is 3.84. The summed E-state index contributed by atoms with van der Waals surface area (Å²) in [6, 6.07) is 9.66. The molecule has 2 atom stereocenters. The maximum absolute atomic E-state index is 11.4. The van der Waals surface area contributed by atoms with Gasteiger partial charge in [-0.15, -0.1) is 0 Å². The minimum atomic E-state index is -0.476. The first-order valence-electron chi connectivity index (χ1n) is 4.77. The standard InChI is InChI=1S/C11H14N2O/c12-7-9-6-11(9,10(13)14)8-4-2-1-3-5-8/h1-5,9H,6-7,12H2,(H2,13,14)/t9-,11?/m1/s1. The normalized spacial score (nSPS) is 29.9. The number of carbonyl (C=O) groups is 1. The average Bonchev–Trinajstić information content (AvgIpc) is 2.94. The van der Waals surface area contributed by atoms with Crippen LogP contribution in [0.2, 0.25) is 0 Å². The summed E-state index contributed by atoms with van der Waals surface area (Å²) < 4.78 is 0. The second kappa shape index (κ2) is 3.10. The molecule has 1 unspecified atom stereocenters. The van der Waals surface area contributed by atoms with Crippen LogP contribution in [0, 0.1) is 5.92 Å². The maximum atomic E-state index is 11.4. The predicted molar refractivity (Wildman–Crippen MR) is 54.5 cm³/mol. The molecule has 4 N–H and O–H groups in total. The Kier molecular flexibility index (Phi) is 2.04. The van der Waals surface area contributed by atoms with E-state index in [-0.39, 0.29) is 11.8 Å². The van der Waals surface area contributed by atoms with Crippen LogP contribution in [0.15, 0.2) is 30.3 Å². The van der Waals surface area contributed by atoms with Crippen molar-refractivity contribution >= 4 is 5.91 Å². The van der Waals surface area contributed by atoms with Gasteiger partial charge in [0.2, 0.25) is 5.91 Å². The Hall–Kier alpha value is -1.35. The summed E-state index contributed by atoms with van der Waals surface area (Å²) in [4.78, 5) is 11.4. The van der Waals surface area contributed by atoms with Crippen LogP contribution < -0.4 is 11.5 Å². The minimum absolute atomic E-state index is 0.224. The summed E-state index contributed by atoms with van der Waals surface area (Å²) in [5.41, 5.74) is 11.5. The van der Waals surface area contributed by atoms with Gasteiger partial charge in [0.1, 0.15) is 0 Å². The van der Waals surface area contributed by atoms with E-state index in [9.17, 15) is 4.79 Å². The average molecular weight is 190 g/mol. The van der Waals surface area contributed by atoms with E-state index in [1.807, 2.05) is 30.3 Å². The predicted octanol–water partition coefficient (Wildman–Crippen LogP) is 0.388. The number of hydrogen-bond donors (Lipinski definition) is 2. The summed E-state index contributed by atoms with van der Waals surface area (Å²) in [6.45, 7) is 0.526. The molecule has 3 nitrogen and oxygen atoms in total. The molecule has 0 heterocycles. The van der Waals surface area contributed by atoms with Gasteiger partial charge in [-0.25, -0.2) is 0 Å². The summed E-state index contributed by atoms with van der Waals surface area (Å²) in [7, 11) is 0. The SMILES string of the molecule is NC[C@H]1CC1(C(N)=O)c1ccccc1. The van der Waals surface area contributed by atoms with Crippen molar-refractivity contribution in [1.29, 1.82) is 0 Å².